The fraction of sp³-hybridized carbons (Fsp3) is 0.450. The van der Waals surface area contributed by atoms with E-state index in [2.05, 4.69) is 15.5 Å². The molecule has 0 atom stereocenters. The minimum Gasteiger partial charge on any atom is -0.379 e. The Bertz CT molecular complexity index is 833. The number of nitrogens with one attached hydrogen (secondary N) is 2. The molecule has 1 aromatic heterocycles. The molecule has 4 rings (SSSR count). The van der Waals surface area contributed by atoms with Crippen molar-refractivity contribution in [2.45, 2.75) is 13.0 Å². The van der Waals surface area contributed by atoms with Crippen molar-refractivity contribution in [3.8, 4) is 11.4 Å². The molecule has 0 unspecified atom stereocenters. The molecule has 0 radical (unpaired) electrons. The first-order valence-electron chi connectivity index (χ1n) is 9.75. The zero-order valence-corrected chi connectivity index (χ0v) is 15.9. The molecule has 1 saturated heterocycles. The number of nitrogens with two attached hydrogens (primary N) is 1. The molecule has 0 aliphatic carbocycles. The van der Waals surface area contributed by atoms with Crippen LogP contribution in [0.3, 0.4) is 0 Å². The van der Waals surface area contributed by atoms with Gasteiger partial charge in [-0.1, -0.05) is 12.1 Å². The van der Waals surface area contributed by atoms with E-state index in [1.807, 2.05) is 12.1 Å². The molecule has 2 aromatic rings. The third-order valence-electron chi connectivity index (χ3n) is 5.19. The molecule has 2 aliphatic heterocycles. The zero-order valence-electron chi connectivity index (χ0n) is 15.9. The van der Waals surface area contributed by atoms with Crippen LogP contribution in [-0.4, -0.2) is 66.7 Å². The number of aromatic nitrogens is 2. The normalized spacial score (nSPS) is 17.1. The van der Waals surface area contributed by atoms with E-state index in [0.717, 1.165) is 76.0 Å². The average molecular weight is 382 g/mol. The van der Waals surface area contributed by atoms with Crippen LogP contribution in [0.4, 0.5) is 5.82 Å². The highest BCUT2D eigenvalue weighted by atomic mass is 16.5. The number of carbonyl (C=O) groups is 1. The lowest BCUT2D eigenvalue weighted by Crippen LogP contribution is -2.39. The van der Waals surface area contributed by atoms with Crippen molar-refractivity contribution in [2.75, 3.05) is 51.3 Å². The van der Waals surface area contributed by atoms with Gasteiger partial charge in [0.05, 0.1) is 18.9 Å². The van der Waals surface area contributed by atoms with Crippen LogP contribution < -0.4 is 16.4 Å². The maximum atomic E-state index is 11.3. The first-order valence-corrected chi connectivity index (χ1v) is 9.75. The summed E-state index contributed by atoms with van der Waals surface area (Å²) in [7, 11) is 0. The molecule has 0 saturated carbocycles. The van der Waals surface area contributed by atoms with Crippen molar-refractivity contribution < 1.29 is 9.53 Å². The van der Waals surface area contributed by atoms with Crippen LogP contribution in [0.15, 0.2) is 24.3 Å². The fourth-order valence-electron chi connectivity index (χ4n) is 3.58. The number of fused-ring (bicyclic) bond motifs is 1. The number of amides is 1. The monoisotopic (exact) mass is 382 g/mol. The fourth-order valence-corrected chi connectivity index (χ4v) is 3.58. The van der Waals surface area contributed by atoms with Crippen LogP contribution in [0.1, 0.15) is 21.6 Å². The number of hydrogen-bond acceptors (Lipinski definition) is 7. The summed E-state index contributed by atoms with van der Waals surface area (Å²) in [4.78, 5) is 23.3. The SMILES string of the molecule is NC(=O)c1ccc(-c2nc3c(c(NCCN4CCOCC4)n2)CCNC3)cc1. The van der Waals surface area contributed by atoms with E-state index in [-0.39, 0.29) is 0 Å². The van der Waals surface area contributed by atoms with Gasteiger partial charge in [0.25, 0.3) is 0 Å². The van der Waals surface area contributed by atoms with Crippen LogP contribution in [0, 0.1) is 0 Å². The molecule has 0 spiro atoms. The molecule has 28 heavy (non-hydrogen) atoms. The molecule has 3 heterocycles. The summed E-state index contributed by atoms with van der Waals surface area (Å²) in [6.45, 7) is 7.03. The van der Waals surface area contributed by atoms with Crippen LogP contribution >= 0.6 is 0 Å². The van der Waals surface area contributed by atoms with E-state index < -0.39 is 5.91 Å². The Balaban J connectivity index is 1.54. The standard InChI is InChI=1S/C20H26N6O2/c21-18(27)14-1-3-15(4-2-14)19-24-17-13-22-6-5-16(17)20(25-19)23-7-8-26-9-11-28-12-10-26/h1-4,22H,5-13H2,(H2,21,27)(H,23,24,25). The Morgan fingerprint density at radius 3 is 2.75 bits per heavy atom. The van der Waals surface area contributed by atoms with Crippen LogP contribution in [0.5, 0.6) is 0 Å². The second-order valence-corrected chi connectivity index (χ2v) is 7.07. The van der Waals surface area contributed by atoms with E-state index >= 15 is 0 Å². The third kappa shape index (κ3) is 4.30. The number of carbonyl (C=O) groups excluding carboxylic acids is 1. The molecular formula is C20H26N6O2. The van der Waals surface area contributed by atoms with Crippen molar-refractivity contribution in [1.29, 1.82) is 0 Å². The number of hydrogen-bond donors (Lipinski definition) is 3. The molecule has 1 amide bonds. The quantitative estimate of drug-likeness (QED) is 0.673. The highest BCUT2D eigenvalue weighted by Crippen LogP contribution is 2.25. The Labute approximate surface area is 164 Å². The van der Waals surface area contributed by atoms with E-state index in [4.69, 9.17) is 20.4 Å². The number of ether oxygens (including phenoxy) is 1. The molecule has 8 heteroatoms. The summed E-state index contributed by atoms with van der Waals surface area (Å²) >= 11 is 0. The largest absolute Gasteiger partial charge is 0.379 e. The first-order chi connectivity index (χ1) is 13.7. The minimum atomic E-state index is -0.437. The lowest BCUT2D eigenvalue weighted by molar-refractivity contribution is 0.0398. The maximum absolute atomic E-state index is 11.3. The predicted octanol–water partition coefficient (Wildman–Crippen LogP) is 0.632. The average Bonchev–Trinajstić information content (AvgIpc) is 2.74. The third-order valence-corrected chi connectivity index (χ3v) is 5.19. The second kappa shape index (κ2) is 8.64. The van der Waals surface area contributed by atoms with E-state index in [9.17, 15) is 4.79 Å². The van der Waals surface area contributed by atoms with Crippen LogP contribution in [-0.2, 0) is 17.7 Å². The van der Waals surface area contributed by atoms with Gasteiger partial charge in [0.2, 0.25) is 5.91 Å². The summed E-state index contributed by atoms with van der Waals surface area (Å²) in [6, 6.07) is 7.11. The molecule has 148 valence electrons. The van der Waals surface area contributed by atoms with Gasteiger partial charge in [-0.3, -0.25) is 9.69 Å². The Kier molecular flexibility index (Phi) is 5.80. The number of benzene rings is 1. The van der Waals surface area contributed by atoms with Crippen molar-refractivity contribution in [1.82, 2.24) is 20.2 Å². The Morgan fingerprint density at radius 1 is 1.21 bits per heavy atom. The van der Waals surface area contributed by atoms with Gasteiger partial charge in [0, 0.05) is 49.4 Å². The zero-order chi connectivity index (χ0) is 19.3. The molecule has 8 nitrogen and oxygen atoms in total. The van der Waals surface area contributed by atoms with E-state index in [1.54, 1.807) is 12.1 Å². The Hall–Kier alpha value is -2.55. The summed E-state index contributed by atoms with van der Waals surface area (Å²) in [6.07, 6.45) is 0.913. The van der Waals surface area contributed by atoms with Gasteiger partial charge in [-0.15, -0.1) is 0 Å². The summed E-state index contributed by atoms with van der Waals surface area (Å²) < 4.78 is 5.41. The van der Waals surface area contributed by atoms with Gasteiger partial charge in [-0.2, -0.15) is 0 Å². The Morgan fingerprint density at radius 2 is 2.00 bits per heavy atom. The van der Waals surface area contributed by atoms with Gasteiger partial charge < -0.3 is 21.1 Å². The number of anilines is 1. The maximum Gasteiger partial charge on any atom is 0.248 e. The van der Waals surface area contributed by atoms with Gasteiger partial charge in [0.15, 0.2) is 5.82 Å². The summed E-state index contributed by atoms with van der Waals surface area (Å²) in [5.74, 6) is 1.13. The van der Waals surface area contributed by atoms with Crippen molar-refractivity contribution in [3.63, 3.8) is 0 Å². The number of nitrogens with zero attached hydrogens (tertiary/aromatic N) is 3. The minimum absolute atomic E-state index is 0.437. The van der Waals surface area contributed by atoms with E-state index in [0.29, 0.717) is 11.4 Å². The summed E-state index contributed by atoms with van der Waals surface area (Å²) in [5, 5.41) is 6.90. The molecule has 2 aliphatic rings. The molecular weight excluding hydrogens is 356 g/mol. The predicted molar refractivity (Wildman–Crippen MR) is 107 cm³/mol. The number of rotatable bonds is 6. The van der Waals surface area contributed by atoms with Gasteiger partial charge in [0.1, 0.15) is 5.82 Å². The van der Waals surface area contributed by atoms with Crippen molar-refractivity contribution >= 4 is 11.7 Å². The highest BCUT2D eigenvalue weighted by molar-refractivity contribution is 5.93. The lowest BCUT2D eigenvalue weighted by Gasteiger charge is -2.27. The molecule has 1 aromatic carbocycles. The van der Waals surface area contributed by atoms with Gasteiger partial charge in [-0.05, 0) is 25.1 Å². The van der Waals surface area contributed by atoms with Crippen molar-refractivity contribution in [2.24, 2.45) is 5.73 Å². The number of primary amides is 1. The second-order valence-electron chi connectivity index (χ2n) is 7.07. The first kappa shape index (κ1) is 18.8. The smallest absolute Gasteiger partial charge is 0.248 e. The van der Waals surface area contributed by atoms with Crippen LogP contribution in [0.25, 0.3) is 11.4 Å². The summed E-state index contributed by atoms with van der Waals surface area (Å²) in [5.41, 5.74) is 8.91. The van der Waals surface area contributed by atoms with Crippen LogP contribution in [0.2, 0.25) is 0 Å². The van der Waals surface area contributed by atoms with Gasteiger partial charge >= 0.3 is 0 Å². The molecule has 0 bridgehead atoms. The molecule has 4 N–H and O–H groups in total. The van der Waals surface area contributed by atoms with Gasteiger partial charge in [-0.25, -0.2) is 9.97 Å². The molecule has 1 fully saturated rings. The van der Waals surface area contributed by atoms with E-state index in [1.165, 1.54) is 5.56 Å². The lowest BCUT2D eigenvalue weighted by atomic mass is 10.1. The van der Waals surface area contributed by atoms with Crippen molar-refractivity contribution in [3.05, 3.63) is 41.1 Å². The topological polar surface area (TPSA) is 105 Å². The highest BCUT2D eigenvalue weighted by Gasteiger charge is 2.19. The number of morpholine rings is 1.